The first-order chi connectivity index (χ1) is 9.08. The summed E-state index contributed by atoms with van der Waals surface area (Å²) in [5.74, 6) is -0.653. The third-order valence-corrected chi connectivity index (χ3v) is 5.61. The fourth-order valence-corrected chi connectivity index (χ4v) is 4.83. The van der Waals surface area contributed by atoms with Crippen molar-refractivity contribution in [1.82, 2.24) is 4.90 Å². The van der Waals surface area contributed by atoms with Crippen LogP contribution in [0.25, 0.3) is 0 Å². The number of thioether (sulfide) groups is 1. The molecular formula is C12H18N2O4SSi. The smallest absolute Gasteiger partial charge is 0.317 e. The molecule has 8 heteroatoms. The predicted molar refractivity (Wildman–Crippen MR) is 77.4 cm³/mol. The highest BCUT2D eigenvalue weighted by molar-refractivity contribution is 8.01. The van der Waals surface area contributed by atoms with Crippen molar-refractivity contribution < 1.29 is 18.8 Å². The van der Waals surface area contributed by atoms with Crippen molar-refractivity contribution in [3.8, 4) is 0 Å². The predicted octanol–water partition coefficient (Wildman–Crippen LogP) is 1.13. The van der Waals surface area contributed by atoms with Gasteiger partial charge in [-0.15, -0.1) is 11.8 Å². The minimum atomic E-state index is -2.01. The Kier molecular flexibility index (Phi) is 3.60. The highest BCUT2D eigenvalue weighted by Crippen LogP contribution is 2.51. The van der Waals surface area contributed by atoms with Crippen molar-refractivity contribution in [2.24, 2.45) is 4.99 Å². The van der Waals surface area contributed by atoms with Crippen LogP contribution in [0.5, 0.6) is 0 Å². The summed E-state index contributed by atoms with van der Waals surface area (Å²) in [6, 6.07) is -1.32. The van der Waals surface area contributed by atoms with E-state index in [2.05, 4.69) is 4.99 Å². The summed E-state index contributed by atoms with van der Waals surface area (Å²) in [5, 5.41) is -0.266. The van der Waals surface area contributed by atoms with Crippen LogP contribution in [-0.2, 0) is 18.8 Å². The maximum atomic E-state index is 12.4. The van der Waals surface area contributed by atoms with E-state index in [0.717, 1.165) is 0 Å². The molecular weight excluding hydrogens is 296 g/mol. The van der Waals surface area contributed by atoms with Gasteiger partial charge in [0, 0.05) is 4.75 Å². The van der Waals surface area contributed by atoms with Crippen LogP contribution in [0, 0.1) is 0 Å². The zero-order valence-corrected chi connectivity index (χ0v) is 14.0. The molecule has 2 fully saturated rings. The fraction of sp³-hybridized carbons (Fsp3) is 0.750. The van der Waals surface area contributed by atoms with Crippen LogP contribution >= 0.6 is 11.8 Å². The topological polar surface area (TPSA) is 76.0 Å². The number of carbonyl (C=O) groups excluding carboxylic acids is 3. The SMILES string of the molecule is CC1(C)S[C@@H]2[C@H](N=C=O)C(=O)N2[C@H]1C(=O)O[Si](C)(C)C. The molecule has 0 unspecified atom stereocenters. The van der Waals surface area contributed by atoms with Gasteiger partial charge in [0.15, 0.2) is 6.04 Å². The molecule has 0 N–H and O–H groups in total. The lowest BCUT2D eigenvalue weighted by molar-refractivity contribution is -0.157. The van der Waals surface area contributed by atoms with Crippen LogP contribution in [0.15, 0.2) is 4.99 Å². The molecule has 0 aliphatic carbocycles. The Balaban J connectivity index is 2.24. The van der Waals surface area contributed by atoms with E-state index in [-0.39, 0.29) is 17.3 Å². The van der Waals surface area contributed by atoms with E-state index in [0.29, 0.717) is 0 Å². The zero-order chi connectivity index (χ0) is 15.3. The summed E-state index contributed by atoms with van der Waals surface area (Å²) in [4.78, 5) is 39.8. The van der Waals surface area contributed by atoms with E-state index in [9.17, 15) is 14.4 Å². The molecule has 0 spiro atoms. The quantitative estimate of drug-likeness (QED) is 0.338. The number of nitrogens with zero attached hydrogens (tertiary/aromatic N) is 2. The Morgan fingerprint density at radius 3 is 2.55 bits per heavy atom. The van der Waals surface area contributed by atoms with E-state index in [1.807, 2.05) is 33.5 Å². The molecule has 110 valence electrons. The van der Waals surface area contributed by atoms with Crippen LogP contribution in [-0.4, -0.2) is 53.4 Å². The van der Waals surface area contributed by atoms with Gasteiger partial charge in [0.2, 0.25) is 14.4 Å². The molecule has 0 bridgehead atoms. The second kappa shape index (κ2) is 4.72. The van der Waals surface area contributed by atoms with Gasteiger partial charge >= 0.3 is 5.97 Å². The van der Waals surface area contributed by atoms with E-state index in [4.69, 9.17) is 4.43 Å². The molecule has 0 aromatic rings. The molecule has 2 aliphatic heterocycles. The van der Waals surface area contributed by atoms with Crippen LogP contribution in [0.2, 0.25) is 19.6 Å². The summed E-state index contributed by atoms with van der Waals surface area (Å²) in [7, 11) is -2.01. The van der Waals surface area contributed by atoms with Gasteiger partial charge in [-0.2, -0.15) is 4.99 Å². The third kappa shape index (κ3) is 2.43. The van der Waals surface area contributed by atoms with Crippen molar-refractivity contribution >= 4 is 38.0 Å². The summed E-state index contributed by atoms with van der Waals surface area (Å²) in [5.41, 5.74) is 0. The average molecular weight is 314 g/mol. The second-order valence-corrected chi connectivity index (χ2v) is 12.7. The maximum Gasteiger partial charge on any atom is 0.317 e. The number of isocyanates is 1. The van der Waals surface area contributed by atoms with Crippen LogP contribution < -0.4 is 0 Å². The molecule has 6 nitrogen and oxygen atoms in total. The number of rotatable bonds is 3. The fourth-order valence-electron chi connectivity index (χ4n) is 2.51. The Morgan fingerprint density at radius 2 is 2.05 bits per heavy atom. The summed E-state index contributed by atoms with van der Waals surface area (Å²) < 4.78 is 5.08. The van der Waals surface area contributed by atoms with Crippen molar-refractivity contribution in [2.45, 2.75) is 55.7 Å². The van der Waals surface area contributed by atoms with Crippen molar-refractivity contribution in [3.05, 3.63) is 0 Å². The van der Waals surface area contributed by atoms with Crippen molar-refractivity contribution in [1.29, 1.82) is 0 Å². The van der Waals surface area contributed by atoms with Gasteiger partial charge in [0.25, 0.3) is 5.91 Å². The summed E-state index contributed by atoms with van der Waals surface area (Å²) >= 11 is 1.48. The van der Waals surface area contributed by atoms with Crippen LogP contribution in [0.1, 0.15) is 13.8 Å². The molecule has 0 aromatic carbocycles. The minimum Gasteiger partial charge on any atom is -0.518 e. The van der Waals surface area contributed by atoms with Gasteiger partial charge in [0.1, 0.15) is 11.4 Å². The number of amides is 1. The first-order valence-corrected chi connectivity index (χ1v) is 10.7. The highest BCUT2D eigenvalue weighted by atomic mass is 32.2. The Morgan fingerprint density at radius 1 is 1.45 bits per heavy atom. The lowest BCUT2D eigenvalue weighted by atomic mass is 9.96. The first kappa shape index (κ1) is 15.3. The minimum absolute atomic E-state index is 0.266. The third-order valence-electron chi connectivity index (χ3n) is 3.23. The second-order valence-electron chi connectivity index (χ2n) is 6.46. The molecule has 2 rings (SSSR count). The average Bonchev–Trinajstić information content (AvgIpc) is 2.52. The molecule has 20 heavy (non-hydrogen) atoms. The van der Waals surface area contributed by atoms with Gasteiger partial charge in [-0.3, -0.25) is 9.59 Å². The molecule has 2 aliphatic rings. The summed E-state index contributed by atoms with van der Waals surface area (Å²) in [6.07, 6.45) is 1.43. The highest BCUT2D eigenvalue weighted by Gasteiger charge is 2.64. The molecule has 2 heterocycles. The number of hydrogen-bond acceptors (Lipinski definition) is 6. The monoisotopic (exact) mass is 314 g/mol. The van der Waals surface area contributed by atoms with Gasteiger partial charge in [-0.05, 0) is 33.5 Å². The lowest BCUT2D eigenvalue weighted by Gasteiger charge is -2.41. The Hall–Kier alpha value is -1.11. The standard InChI is InChI=1S/C12H18N2O4SSi/c1-12(2)8(11(17)18-20(3,4)5)14-9(16)7(13-6-15)10(14)19-12/h7-8,10H,1-5H3/t7-,8+,10-/m1/s1. The molecule has 2 saturated heterocycles. The van der Waals surface area contributed by atoms with E-state index < -0.39 is 25.1 Å². The van der Waals surface area contributed by atoms with E-state index in [1.54, 1.807) is 0 Å². The van der Waals surface area contributed by atoms with Gasteiger partial charge in [0.05, 0.1) is 0 Å². The summed E-state index contributed by atoms with van der Waals surface area (Å²) in [6.45, 7) is 9.58. The van der Waals surface area contributed by atoms with E-state index >= 15 is 0 Å². The Bertz CT molecular complexity index is 510. The van der Waals surface area contributed by atoms with Crippen LogP contribution in [0.4, 0.5) is 0 Å². The van der Waals surface area contributed by atoms with Crippen molar-refractivity contribution in [3.63, 3.8) is 0 Å². The van der Waals surface area contributed by atoms with Gasteiger partial charge in [-0.25, -0.2) is 4.79 Å². The first-order valence-electron chi connectivity index (χ1n) is 6.38. The number of hydrogen-bond donors (Lipinski definition) is 0. The van der Waals surface area contributed by atoms with E-state index in [1.165, 1.54) is 22.7 Å². The number of fused-ring (bicyclic) bond motifs is 1. The van der Waals surface area contributed by atoms with Crippen molar-refractivity contribution in [2.75, 3.05) is 0 Å². The number of carbonyl (C=O) groups is 2. The maximum absolute atomic E-state index is 12.4. The number of aliphatic imine (C=N–C) groups is 1. The molecule has 0 radical (unpaired) electrons. The Labute approximate surface area is 123 Å². The molecule has 0 aromatic heterocycles. The largest absolute Gasteiger partial charge is 0.518 e. The van der Waals surface area contributed by atoms with Gasteiger partial charge in [-0.1, -0.05) is 0 Å². The van der Waals surface area contributed by atoms with Crippen LogP contribution in [0.3, 0.4) is 0 Å². The normalized spacial score (nSPS) is 31.1. The molecule has 1 amide bonds. The molecule has 3 atom stereocenters. The van der Waals surface area contributed by atoms with Gasteiger partial charge < -0.3 is 9.33 Å². The lowest BCUT2D eigenvalue weighted by Crippen LogP contribution is -2.65. The molecule has 0 saturated carbocycles. The number of β-lactam (4-membered cyclic amide) rings is 1. The zero-order valence-electron chi connectivity index (χ0n) is 12.2.